The first-order valence-corrected chi connectivity index (χ1v) is 12.3. The number of benzene rings is 2. The van der Waals surface area contributed by atoms with Crippen LogP contribution in [0.25, 0.3) is 0 Å². The minimum absolute atomic E-state index is 0.0155. The first-order valence-electron chi connectivity index (χ1n) is 12.3. The molecule has 36 heavy (non-hydrogen) atoms. The lowest BCUT2D eigenvalue weighted by Gasteiger charge is -2.22. The number of hydrogen-bond acceptors (Lipinski definition) is 6. The molecular weight excluding hydrogens is 460 g/mol. The number of esters is 1. The molecule has 2 aliphatic heterocycles. The van der Waals surface area contributed by atoms with E-state index in [9.17, 15) is 19.2 Å². The van der Waals surface area contributed by atoms with Gasteiger partial charge >= 0.3 is 5.97 Å². The van der Waals surface area contributed by atoms with E-state index in [-0.39, 0.29) is 48.4 Å². The predicted molar refractivity (Wildman–Crippen MR) is 133 cm³/mol. The molecule has 2 fully saturated rings. The fourth-order valence-corrected chi connectivity index (χ4v) is 5.27. The molecule has 2 aromatic carbocycles. The molecule has 186 valence electrons. The second-order valence-corrected chi connectivity index (χ2v) is 9.41. The predicted octanol–water partition coefficient (Wildman–Crippen LogP) is 3.75. The standard InChI is InChI=1S/C28H28N2O6/c1-3-35-21-11-7-19(8-12-21)29-16-18(15-24(29)31)28(34)36-22-13-9-20(10-14-22)30-26(32)23-6-4-5-17(2)25(23)27(30)33/h4-5,7-14,17-18,23,25H,3,6,15-16H2,1-2H3/t17-,18-,23-,25+/m1/s1. The third-order valence-corrected chi connectivity index (χ3v) is 7.10. The average molecular weight is 489 g/mol. The van der Waals surface area contributed by atoms with Gasteiger partial charge in [0, 0.05) is 18.7 Å². The monoisotopic (exact) mass is 488 g/mol. The fourth-order valence-electron chi connectivity index (χ4n) is 5.27. The summed E-state index contributed by atoms with van der Waals surface area (Å²) in [7, 11) is 0. The first kappa shape index (κ1) is 23.8. The lowest BCUT2D eigenvalue weighted by Crippen LogP contribution is -2.31. The van der Waals surface area contributed by atoms with Crippen molar-refractivity contribution in [2.24, 2.45) is 23.7 Å². The zero-order valence-electron chi connectivity index (χ0n) is 20.3. The van der Waals surface area contributed by atoms with Gasteiger partial charge in [-0.25, -0.2) is 0 Å². The molecule has 0 unspecified atom stereocenters. The van der Waals surface area contributed by atoms with Crippen molar-refractivity contribution >= 4 is 35.1 Å². The van der Waals surface area contributed by atoms with E-state index < -0.39 is 11.9 Å². The molecule has 2 heterocycles. The van der Waals surface area contributed by atoms with Gasteiger partial charge < -0.3 is 14.4 Å². The van der Waals surface area contributed by atoms with E-state index in [4.69, 9.17) is 9.47 Å². The van der Waals surface area contributed by atoms with E-state index in [0.717, 1.165) is 5.75 Å². The first-order chi connectivity index (χ1) is 17.4. The van der Waals surface area contributed by atoms with Crippen LogP contribution in [0.2, 0.25) is 0 Å². The van der Waals surface area contributed by atoms with Gasteiger partial charge in [0.15, 0.2) is 0 Å². The Morgan fingerprint density at radius 1 is 0.944 bits per heavy atom. The van der Waals surface area contributed by atoms with Crippen LogP contribution in [-0.2, 0) is 19.2 Å². The Bertz CT molecular complexity index is 1220. The summed E-state index contributed by atoms with van der Waals surface area (Å²) in [6.45, 7) is 4.64. The van der Waals surface area contributed by atoms with Gasteiger partial charge in [0.05, 0.1) is 30.0 Å². The molecule has 0 radical (unpaired) electrons. The van der Waals surface area contributed by atoms with Gasteiger partial charge in [-0.15, -0.1) is 0 Å². The Labute approximate surface area is 209 Å². The van der Waals surface area contributed by atoms with Crippen molar-refractivity contribution in [1.82, 2.24) is 0 Å². The lowest BCUT2D eigenvalue weighted by molar-refractivity contribution is -0.139. The summed E-state index contributed by atoms with van der Waals surface area (Å²) >= 11 is 0. The van der Waals surface area contributed by atoms with Crippen LogP contribution in [0, 0.1) is 23.7 Å². The maximum absolute atomic E-state index is 13.0. The number of amides is 3. The average Bonchev–Trinajstić information content (AvgIpc) is 3.38. The molecule has 0 N–H and O–H groups in total. The Kier molecular flexibility index (Phi) is 6.35. The summed E-state index contributed by atoms with van der Waals surface area (Å²) in [4.78, 5) is 54.0. The Morgan fingerprint density at radius 3 is 2.28 bits per heavy atom. The molecule has 8 nitrogen and oxygen atoms in total. The van der Waals surface area contributed by atoms with Crippen LogP contribution in [0.4, 0.5) is 11.4 Å². The highest BCUT2D eigenvalue weighted by Crippen LogP contribution is 2.40. The van der Waals surface area contributed by atoms with E-state index in [0.29, 0.717) is 30.2 Å². The molecule has 2 aromatic rings. The van der Waals surface area contributed by atoms with Crippen molar-refractivity contribution in [2.45, 2.75) is 26.7 Å². The molecule has 0 spiro atoms. The normalized spacial score (nSPS) is 25.3. The van der Waals surface area contributed by atoms with E-state index in [1.807, 2.05) is 26.0 Å². The highest BCUT2D eigenvalue weighted by Gasteiger charge is 2.50. The highest BCUT2D eigenvalue weighted by atomic mass is 16.5. The van der Waals surface area contributed by atoms with E-state index >= 15 is 0 Å². The molecular formula is C28H28N2O6. The number of hydrogen-bond donors (Lipinski definition) is 0. The van der Waals surface area contributed by atoms with Crippen molar-refractivity contribution in [1.29, 1.82) is 0 Å². The number of carbonyl (C=O) groups excluding carboxylic acids is 4. The smallest absolute Gasteiger partial charge is 0.316 e. The van der Waals surface area contributed by atoms with Gasteiger partial charge in [0.1, 0.15) is 11.5 Å². The molecule has 4 atom stereocenters. The topological polar surface area (TPSA) is 93.2 Å². The maximum Gasteiger partial charge on any atom is 0.316 e. The summed E-state index contributed by atoms with van der Waals surface area (Å²) in [6, 6.07) is 13.5. The number of imide groups is 1. The summed E-state index contributed by atoms with van der Waals surface area (Å²) in [5.41, 5.74) is 1.16. The molecule has 3 aliphatic rings. The second-order valence-electron chi connectivity index (χ2n) is 9.41. The Morgan fingerprint density at radius 2 is 1.61 bits per heavy atom. The van der Waals surface area contributed by atoms with Crippen LogP contribution in [0.15, 0.2) is 60.7 Å². The second kappa shape index (κ2) is 9.60. The van der Waals surface area contributed by atoms with Gasteiger partial charge in [-0.05, 0) is 67.8 Å². The van der Waals surface area contributed by atoms with E-state index in [2.05, 4.69) is 0 Å². The zero-order chi connectivity index (χ0) is 25.4. The molecule has 3 amide bonds. The van der Waals surface area contributed by atoms with Crippen molar-refractivity contribution in [3.63, 3.8) is 0 Å². The van der Waals surface area contributed by atoms with Crippen LogP contribution in [0.5, 0.6) is 11.5 Å². The number of anilines is 2. The minimum Gasteiger partial charge on any atom is -0.494 e. The van der Waals surface area contributed by atoms with Gasteiger partial charge in [-0.2, -0.15) is 0 Å². The largest absolute Gasteiger partial charge is 0.494 e. The molecule has 0 aromatic heterocycles. The molecule has 0 bridgehead atoms. The van der Waals surface area contributed by atoms with Crippen LogP contribution in [-0.4, -0.2) is 36.8 Å². The van der Waals surface area contributed by atoms with Crippen LogP contribution in [0.3, 0.4) is 0 Å². The summed E-state index contributed by atoms with van der Waals surface area (Å²) < 4.78 is 11.0. The third-order valence-electron chi connectivity index (χ3n) is 7.10. The number of carbonyl (C=O) groups is 4. The van der Waals surface area contributed by atoms with E-state index in [1.165, 1.54) is 4.90 Å². The maximum atomic E-state index is 13.0. The number of allylic oxidation sites excluding steroid dienone is 2. The van der Waals surface area contributed by atoms with Crippen LogP contribution in [0.1, 0.15) is 26.7 Å². The van der Waals surface area contributed by atoms with Gasteiger partial charge in [0.2, 0.25) is 17.7 Å². The number of nitrogens with zero attached hydrogens (tertiary/aromatic N) is 2. The molecule has 8 heteroatoms. The quantitative estimate of drug-likeness (QED) is 0.266. The number of fused-ring (bicyclic) bond motifs is 1. The minimum atomic E-state index is -0.595. The Balaban J connectivity index is 1.22. The molecule has 2 saturated heterocycles. The van der Waals surface area contributed by atoms with Crippen LogP contribution >= 0.6 is 0 Å². The van der Waals surface area contributed by atoms with E-state index in [1.54, 1.807) is 53.4 Å². The molecule has 1 aliphatic carbocycles. The summed E-state index contributed by atoms with van der Waals surface area (Å²) in [5.74, 6) is -1.25. The third kappa shape index (κ3) is 4.27. The lowest BCUT2D eigenvalue weighted by atomic mass is 9.78. The summed E-state index contributed by atoms with van der Waals surface area (Å²) in [6.07, 6.45) is 4.59. The summed E-state index contributed by atoms with van der Waals surface area (Å²) in [5, 5.41) is 0. The van der Waals surface area contributed by atoms with Crippen molar-refractivity contribution in [3.05, 3.63) is 60.7 Å². The Hall–Kier alpha value is -3.94. The van der Waals surface area contributed by atoms with Crippen molar-refractivity contribution in [2.75, 3.05) is 23.0 Å². The molecule has 5 rings (SSSR count). The van der Waals surface area contributed by atoms with Gasteiger partial charge in [0.25, 0.3) is 0 Å². The zero-order valence-corrected chi connectivity index (χ0v) is 20.3. The van der Waals surface area contributed by atoms with Crippen LogP contribution < -0.4 is 19.3 Å². The SMILES string of the molecule is CCOc1ccc(N2C[C@H](C(=O)Oc3ccc(N4C(=O)[C@H]5[C@H](C)C=CC[C@H]5C4=O)cc3)CC2=O)cc1. The highest BCUT2D eigenvalue weighted by molar-refractivity contribution is 6.22. The number of rotatable bonds is 6. The van der Waals surface area contributed by atoms with Gasteiger partial charge in [-0.3, -0.25) is 24.1 Å². The number of ether oxygens (including phenoxy) is 2. The van der Waals surface area contributed by atoms with Crippen molar-refractivity contribution in [3.8, 4) is 11.5 Å². The fraction of sp³-hybridized carbons (Fsp3) is 0.357. The molecule has 0 saturated carbocycles. The van der Waals surface area contributed by atoms with Gasteiger partial charge in [-0.1, -0.05) is 19.1 Å². The van der Waals surface area contributed by atoms with Crippen molar-refractivity contribution < 1.29 is 28.7 Å².